The Labute approximate surface area is 265 Å². The van der Waals surface area contributed by atoms with Crippen molar-refractivity contribution < 1.29 is 4.79 Å². The van der Waals surface area contributed by atoms with Crippen molar-refractivity contribution in [1.29, 1.82) is 0 Å². The predicted octanol–water partition coefficient (Wildman–Crippen LogP) is 7.19. The Morgan fingerprint density at radius 2 is 1.82 bits per heavy atom. The van der Waals surface area contributed by atoms with Crippen LogP contribution in [-0.2, 0) is 11.2 Å². The lowest BCUT2D eigenvalue weighted by molar-refractivity contribution is -0.124. The van der Waals surface area contributed by atoms with Crippen molar-refractivity contribution >= 4 is 76.7 Å². The minimum Gasteiger partial charge on any atom is -0.355 e. The number of thioether (sulfide) groups is 1. The van der Waals surface area contributed by atoms with Gasteiger partial charge in [0.1, 0.15) is 4.32 Å². The van der Waals surface area contributed by atoms with Crippen molar-refractivity contribution in [2.24, 2.45) is 11.8 Å². The fourth-order valence-electron chi connectivity index (χ4n) is 6.82. The highest BCUT2D eigenvalue weighted by Gasteiger charge is 2.48. The maximum Gasteiger partial charge on any atom is 0.266 e. The highest BCUT2D eigenvalue weighted by atomic mass is 35.5. The quantitative estimate of drug-likeness (QED) is 0.173. The molecule has 1 aromatic carbocycles. The van der Waals surface area contributed by atoms with Crippen molar-refractivity contribution in [3.63, 3.8) is 0 Å². The van der Waals surface area contributed by atoms with Crippen LogP contribution in [0.15, 0.2) is 35.2 Å². The van der Waals surface area contributed by atoms with E-state index in [-0.39, 0.29) is 30.7 Å². The maximum atomic E-state index is 13.6. The molecule has 0 spiro atoms. The van der Waals surface area contributed by atoms with Gasteiger partial charge in [-0.2, -0.15) is 0 Å². The van der Waals surface area contributed by atoms with E-state index in [2.05, 4.69) is 27.3 Å². The van der Waals surface area contributed by atoms with E-state index in [4.69, 9.17) is 23.8 Å². The van der Waals surface area contributed by atoms with Crippen molar-refractivity contribution in [2.75, 3.05) is 32.7 Å². The number of nitrogens with zero attached hydrogens (tertiary/aromatic N) is 2. The number of nitrogens with one attached hydrogen (secondary N) is 2. The molecule has 10 heteroatoms. The molecule has 4 aliphatic rings. The summed E-state index contributed by atoms with van der Waals surface area (Å²) in [6.45, 7) is 5.71. The van der Waals surface area contributed by atoms with Gasteiger partial charge in [-0.3, -0.25) is 9.69 Å². The third kappa shape index (κ3) is 7.11. The number of amides is 1. The van der Waals surface area contributed by atoms with Crippen LogP contribution in [0.25, 0.3) is 17.3 Å². The van der Waals surface area contributed by atoms with Crippen LogP contribution in [0.5, 0.6) is 0 Å². The molecule has 2 aromatic rings. The first-order valence-corrected chi connectivity index (χ1v) is 15.8. The normalized spacial score (nSPS) is 25.5. The standard InChI is InChI=1S/C30H37ClN4OS2.2ClH/c31-24-9-7-21(8-10-24)25-18-22(4-2-1-3-13-34-14-11-32-12-15-34)26(33-25)19-28-29(36)35(30(37)38-28)27-17-20-5-6-23(27)16-20;;/h7-10,18-20,23,27,32-33H,1-6,11-17H2;2*1H. The summed E-state index contributed by atoms with van der Waals surface area (Å²) in [5, 5.41) is 4.16. The molecule has 2 N–H and O–H groups in total. The van der Waals surface area contributed by atoms with Gasteiger partial charge in [0.05, 0.1) is 4.91 Å². The summed E-state index contributed by atoms with van der Waals surface area (Å²) >= 11 is 13.4. The lowest BCUT2D eigenvalue weighted by atomic mass is 9.94. The molecule has 2 aliphatic carbocycles. The van der Waals surface area contributed by atoms with Gasteiger partial charge in [0, 0.05) is 48.6 Å². The highest BCUT2D eigenvalue weighted by molar-refractivity contribution is 8.26. The number of benzene rings is 1. The molecule has 0 radical (unpaired) electrons. The van der Waals surface area contributed by atoms with E-state index in [1.165, 1.54) is 56.0 Å². The van der Waals surface area contributed by atoms with Crippen LogP contribution in [0.2, 0.25) is 5.02 Å². The number of hydrogen-bond acceptors (Lipinski definition) is 5. The van der Waals surface area contributed by atoms with E-state index < -0.39 is 0 Å². The van der Waals surface area contributed by atoms with E-state index in [1.54, 1.807) is 0 Å². The Hall–Kier alpha value is -1.06. The molecule has 3 unspecified atom stereocenters. The molecule has 2 saturated heterocycles. The molecular weight excluding hydrogens is 603 g/mol. The number of rotatable bonds is 9. The Morgan fingerprint density at radius 3 is 2.52 bits per heavy atom. The number of hydrogen-bond donors (Lipinski definition) is 2. The Bertz CT molecular complexity index is 1210. The number of halogens is 3. The van der Waals surface area contributed by atoms with Crippen LogP contribution in [-0.4, -0.2) is 63.8 Å². The van der Waals surface area contributed by atoms with Crippen LogP contribution in [0.4, 0.5) is 0 Å². The second-order valence-electron chi connectivity index (χ2n) is 11.3. The van der Waals surface area contributed by atoms with Gasteiger partial charge in [0.25, 0.3) is 5.91 Å². The number of H-pyrrole nitrogens is 1. The van der Waals surface area contributed by atoms with Crippen LogP contribution >= 0.6 is 60.4 Å². The van der Waals surface area contributed by atoms with Gasteiger partial charge < -0.3 is 15.2 Å². The van der Waals surface area contributed by atoms with Crippen LogP contribution in [0, 0.1) is 11.8 Å². The van der Waals surface area contributed by atoms with E-state index in [1.807, 2.05) is 29.2 Å². The maximum absolute atomic E-state index is 13.6. The molecule has 1 amide bonds. The molecule has 4 fully saturated rings. The largest absolute Gasteiger partial charge is 0.355 e. The third-order valence-electron chi connectivity index (χ3n) is 8.85. The monoisotopic (exact) mass is 640 g/mol. The number of thiocarbonyl (C=S) groups is 1. The Kier molecular flexibility index (Phi) is 11.5. The third-order valence-corrected chi connectivity index (χ3v) is 10.4. The molecule has 3 heterocycles. The summed E-state index contributed by atoms with van der Waals surface area (Å²) in [7, 11) is 0. The first-order valence-electron chi connectivity index (χ1n) is 14.2. The van der Waals surface area contributed by atoms with Crippen molar-refractivity contribution in [1.82, 2.24) is 20.1 Å². The number of aromatic amines is 1. The summed E-state index contributed by atoms with van der Waals surface area (Å²) in [4.78, 5) is 22.5. The molecule has 1 aromatic heterocycles. The number of unbranched alkanes of at least 4 members (excludes halogenated alkanes) is 2. The number of aryl methyl sites for hydroxylation is 1. The zero-order chi connectivity index (χ0) is 26.1. The Balaban J connectivity index is 0.00000185. The molecule has 6 rings (SSSR count). The molecule has 40 heavy (non-hydrogen) atoms. The zero-order valence-corrected chi connectivity index (χ0v) is 26.7. The number of fused-ring (bicyclic) bond motifs is 2. The summed E-state index contributed by atoms with van der Waals surface area (Å²) in [6, 6.07) is 10.5. The molecule has 3 atom stereocenters. The van der Waals surface area contributed by atoms with Gasteiger partial charge in [-0.05, 0) is 92.3 Å². The molecular formula is C30H39Cl3N4OS2. The first kappa shape index (κ1) is 31.9. The SMILES string of the molecule is Cl.Cl.O=C1C(=Cc2[nH]c(-c3ccc(Cl)cc3)cc2CCCCCN2CCNCC2)SC(=S)N1C1CC2CCC1C2. The molecule has 2 saturated carbocycles. The number of carbonyl (C=O) groups is 1. The number of aromatic nitrogens is 1. The molecule has 2 bridgehead atoms. The van der Waals surface area contributed by atoms with Crippen LogP contribution in [0.1, 0.15) is 56.2 Å². The van der Waals surface area contributed by atoms with Crippen molar-refractivity contribution in [2.45, 2.75) is 57.4 Å². The fourth-order valence-corrected chi connectivity index (χ4v) is 8.30. The van der Waals surface area contributed by atoms with E-state index in [0.717, 1.165) is 82.6 Å². The molecule has 218 valence electrons. The van der Waals surface area contributed by atoms with Crippen molar-refractivity contribution in [3.8, 4) is 11.3 Å². The van der Waals surface area contributed by atoms with E-state index in [9.17, 15) is 4.79 Å². The second-order valence-corrected chi connectivity index (χ2v) is 13.4. The summed E-state index contributed by atoms with van der Waals surface area (Å²) < 4.78 is 0.734. The van der Waals surface area contributed by atoms with Crippen molar-refractivity contribution in [3.05, 3.63) is 51.5 Å². The second kappa shape index (κ2) is 14.4. The topological polar surface area (TPSA) is 51.4 Å². The zero-order valence-electron chi connectivity index (χ0n) is 22.7. The van der Waals surface area contributed by atoms with Crippen LogP contribution in [0.3, 0.4) is 0 Å². The first-order chi connectivity index (χ1) is 18.5. The van der Waals surface area contributed by atoms with E-state index >= 15 is 0 Å². The van der Waals surface area contributed by atoms with Gasteiger partial charge in [-0.25, -0.2) is 0 Å². The Morgan fingerprint density at radius 1 is 1.05 bits per heavy atom. The summed E-state index contributed by atoms with van der Waals surface area (Å²) in [5.41, 5.74) is 4.46. The minimum absolute atomic E-state index is 0. The summed E-state index contributed by atoms with van der Waals surface area (Å²) in [6.07, 6.45) is 11.6. The minimum atomic E-state index is 0. The fraction of sp³-hybridized carbons (Fsp3) is 0.533. The summed E-state index contributed by atoms with van der Waals surface area (Å²) in [5.74, 6) is 1.50. The van der Waals surface area contributed by atoms with Gasteiger partial charge in [0.15, 0.2) is 0 Å². The molecule has 5 nitrogen and oxygen atoms in total. The predicted molar refractivity (Wildman–Crippen MR) is 177 cm³/mol. The number of carbonyl (C=O) groups excluding carboxylic acids is 1. The van der Waals surface area contributed by atoms with Gasteiger partial charge in [-0.1, -0.05) is 60.6 Å². The lowest BCUT2D eigenvalue weighted by Gasteiger charge is -2.30. The average molecular weight is 642 g/mol. The smallest absolute Gasteiger partial charge is 0.266 e. The van der Waals surface area contributed by atoms with Gasteiger partial charge in [0.2, 0.25) is 0 Å². The van der Waals surface area contributed by atoms with E-state index in [0.29, 0.717) is 12.0 Å². The average Bonchev–Trinajstić information content (AvgIpc) is 3.70. The van der Waals surface area contributed by atoms with Gasteiger partial charge >= 0.3 is 0 Å². The molecule has 2 aliphatic heterocycles. The lowest BCUT2D eigenvalue weighted by Crippen LogP contribution is -2.43. The highest BCUT2D eigenvalue weighted by Crippen LogP contribution is 2.49. The van der Waals surface area contributed by atoms with Crippen LogP contribution < -0.4 is 5.32 Å². The van der Waals surface area contributed by atoms with Gasteiger partial charge in [-0.15, -0.1) is 24.8 Å². The number of piperazine rings is 1.